The lowest BCUT2D eigenvalue weighted by molar-refractivity contribution is 0.391. The number of piperazine rings is 1. The van der Waals surface area contributed by atoms with Crippen LogP contribution in [-0.4, -0.2) is 45.4 Å². The SMILES string of the molecule is O=S(=O)(c1ccc(F)cc1Cl)N1CCc2c(cccc2N2CCNCC2)C1. The van der Waals surface area contributed by atoms with Crippen LogP contribution in [0, 0.1) is 5.82 Å². The van der Waals surface area contributed by atoms with Gasteiger partial charge in [-0.2, -0.15) is 4.31 Å². The quantitative estimate of drug-likeness (QED) is 0.846. The molecule has 2 heterocycles. The molecule has 1 fully saturated rings. The Morgan fingerprint density at radius 1 is 1.07 bits per heavy atom. The Morgan fingerprint density at radius 2 is 1.85 bits per heavy atom. The number of halogens is 2. The lowest BCUT2D eigenvalue weighted by Crippen LogP contribution is -2.44. The monoisotopic (exact) mass is 409 g/mol. The lowest BCUT2D eigenvalue weighted by Gasteiger charge is -2.35. The Balaban J connectivity index is 1.63. The van der Waals surface area contributed by atoms with Crippen LogP contribution in [-0.2, 0) is 23.0 Å². The molecule has 2 aromatic carbocycles. The average Bonchev–Trinajstić information content (AvgIpc) is 2.67. The Hall–Kier alpha value is -1.67. The zero-order valence-electron chi connectivity index (χ0n) is 14.8. The van der Waals surface area contributed by atoms with Gasteiger partial charge in [0.25, 0.3) is 0 Å². The highest BCUT2D eigenvalue weighted by Gasteiger charge is 2.31. The van der Waals surface area contributed by atoms with Gasteiger partial charge in [-0.1, -0.05) is 23.7 Å². The number of sulfonamides is 1. The maximum Gasteiger partial charge on any atom is 0.244 e. The van der Waals surface area contributed by atoms with Crippen molar-refractivity contribution in [2.45, 2.75) is 17.9 Å². The van der Waals surface area contributed by atoms with Crippen molar-refractivity contribution in [2.75, 3.05) is 37.6 Å². The van der Waals surface area contributed by atoms with Gasteiger partial charge >= 0.3 is 0 Å². The molecule has 0 amide bonds. The molecule has 1 N–H and O–H groups in total. The van der Waals surface area contributed by atoms with Gasteiger partial charge in [-0.05, 0) is 41.8 Å². The minimum absolute atomic E-state index is 0.0488. The first-order chi connectivity index (χ1) is 13.0. The number of benzene rings is 2. The molecule has 27 heavy (non-hydrogen) atoms. The number of nitrogens with one attached hydrogen (secondary N) is 1. The predicted molar refractivity (Wildman–Crippen MR) is 104 cm³/mol. The highest BCUT2D eigenvalue weighted by atomic mass is 35.5. The molecule has 4 rings (SSSR count). The minimum Gasteiger partial charge on any atom is -0.369 e. The van der Waals surface area contributed by atoms with Crippen molar-refractivity contribution < 1.29 is 12.8 Å². The molecule has 0 spiro atoms. The molecule has 1 saturated heterocycles. The summed E-state index contributed by atoms with van der Waals surface area (Å²) in [6.07, 6.45) is 0.646. The fourth-order valence-corrected chi connectivity index (χ4v) is 5.72. The Bertz CT molecular complexity index is 961. The molecule has 5 nitrogen and oxygen atoms in total. The number of hydrogen-bond acceptors (Lipinski definition) is 4. The summed E-state index contributed by atoms with van der Waals surface area (Å²) in [6.45, 7) is 4.48. The molecular formula is C19H21ClFN3O2S. The summed E-state index contributed by atoms with van der Waals surface area (Å²) >= 11 is 6.00. The second kappa shape index (κ2) is 7.39. The van der Waals surface area contributed by atoms with Crippen LogP contribution in [0.5, 0.6) is 0 Å². The minimum atomic E-state index is -3.78. The molecule has 2 aliphatic rings. The van der Waals surface area contributed by atoms with Gasteiger partial charge in [0.05, 0.1) is 5.02 Å². The second-order valence-electron chi connectivity index (χ2n) is 6.82. The van der Waals surface area contributed by atoms with Crippen molar-refractivity contribution in [1.82, 2.24) is 9.62 Å². The lowest BCUT2D eigenvalue weighted by atomic mass is 9.98. The van der Waals surface area contributed by atoms with E-state index in [0.717, 1.165) is 43.9 Å². The first-order valence-electron chi connectivity index (χ1n) is 8.98. The highest BCUT2D eigenvalue weighted by Crippen LogP contribution is 2.33. The molecule has 0 aromatic heterocycles. The first kappa shape index (κ1) is 18.7. The zero-order chi connectivity index (χ0) is 19.0. The molecule has 0 unspecified atom stereocenters. The normalized spacial score (nSPS) is 18.4. The van der Waals surface area contributed by atoms with Gasteiger partial charge in [0.15, 0.2) is 0 Å². The molecule has 0 bridgehead atoms. The molecule has 0 radical (unpaired) electrons. The zero-order valence-corrected chi connectivity index (χ0v) is 16.4. The van der Waals surface area contributed by atoms with Crippen LogP contribution in [0.15, 0.2) is 41.3 Å². The molecular weight excluding hydrogens is 389 g/mol. The van der Waals surface area contributed by atoms with Crippen molar-refractivity contribution in [1.29, 1.82) is 0 Å². The maximum atomic E-state index is 13.3. The standard InChI is InChI=1S/C19H21ClFN3O2S/c20-17-12-15(21)4-5-19(17)27(25,26)24-9-6-16-14(13-24)2-1-3-18(16)23-10-7-22-8-11-23/h1-5,12,22H,6-11,13H2. The highest BCUT2D eigenvalue weighted by molar-refractivity contribution is 7.89. The van der Waals surface area contributed by atoms with E-state index in [1.165, 1.54) is 21.6 Å². The van der Waals surface area contributed by atoms with Gasteiger partial charge in [0.1, 0.15) is 10.7 Å². The van der Waals surface area contributed by atoms with Crippen LogP contribution in [0.25, 0.3) is 0 Å². The van der Waals surface area contributed by atoms with Crippen LogP contribution in [0.2, 0.25) is 5.02 Å². The summed E-state index contributed by atoms with van der Waals surface area (Å²) in [7, 11) is -3.78. The summed E-state index contributed by atoms with van der Waals surface area (Å²) in [5.74, 6) is -0.552. The van der Waals surface area contributed by atoms with Crippen molar-refractivity contribution in [2.24, 2.45) is 0 Å². The molecule has 0 saturated carbocycles. The van der Waals surface area contributed by atoms with Gasteiger partial charge < -0.3 is 10.2 Å². The molecule has 8 heteroatoms. The van der Waals surface area contributed by atoms with Crippen molar-refractivity contribution in [3.63, 3.8) is 0 Å². The van der Waals surface area contributed by atoms with Gasteiger partial charge in [0.2, 0.25) is 10.0 Å². The van der Waals surface area contributed by atoms with Crippen LogP contribution in [0.3, 0.4) is 0 Å². The third-order valence-corrected chi connectivity index (χ3v) is 7.50. The van der Waals surface area contributed by atoms with E-state index < -0.39 is 15.8 Å². The molecule has 2 aromatic rings. The maximum absolute atomic E-state index is 13.3. The number of anilines is 1. The summed E-state index contributed by atoms with van der Waals surface area (Å²) in [4.78, 5) is 2.31. The summed E-state index contributed by atoms with van der Waals surface area (Å²) < 4.78 is 40.8. The first-order valence-corrected chi connectivity index (χ1v) is 10.8. The Labute approximate surface area is 163 Å². The van der Waals surface area contributed by atoms with Crippen molar-refractivity contribution >= 4 is 27.3 Å². The number of nitrogens with zero attached hydrogens (tertiary/aromatic N) is 2. The van der Waals surface area contributed by atoms with Crippen molar-refractivity contribution in [3.05, 3.63) is 58.4 Å². The topological polar surface area (TPSA) is 52.7 Å². The third kappa shape index (κ3) is 3.57. The van der Waals surface area contributed by atoms with E-state index in [4.69, 9.17) is 11.6 Å². The average molecular weight is 410 g/mol. The summed E-state index contributed by atoms with van der Waals surface area (Å²) in [6, 6.07) is 9.48. The number of rotatable bonds is 3. The fourth-order valence-electron chi connectivity index (χ4n) is 3.79. The summed E-state index contributed by atoms with van der Waals surface area (Å²) in [5, 5.41) is 3.26. The predicted octanol–water partition coefficient (Wildman–Crippen LogP) is 2.64. The molecule has 0 atom stereocenters. The fraction of sp³-hybridized carbons (Fsp3) is 0.368. The van der Waals surface area contributed by atoms with Crippen LogP contribution < -0.4 is 10.2 Å². The van der Waals surface area contributed by atoms with E-state index in [1.807, 2.05) is 12.1 Å². The Kier molecular flexibility index (Phi) is 5.11. The van der Waals surface area contributed by atoms with Gasteiger partial charge in [-0.25, -0.2) is 12.8 Å². The van der Waals surface area contributed by atoms with E-state index >= 15 is 0 Å². The molecule has 2 aliphatic heterocycles. The second-order valence-corrected chi connectivity index (χ2v) is 9.13. The van der Waals surface area contributed by atoms with E-state index in [9.17, 15) is 12.8 Å². The van der Waals surface area contributed by atoms with Crippen LogP contribution in [0.1, 0.15) is 11.1 Å². The molecule has 144 valence electrons. The number of fused-ring (bicyclic) bond motifs is 1. The van der Waals surface area contributed by atoms with E-state index in [1.54, 1.807) is 0 Å². The molecule has 0 aliphatic carbocycles. The summed E-state index contributed by atoms with van der Waals surface area (Å²) in [5.41, 5.74) is 3.43. The van der Waals surface area contributed by atoms with Gasteiger partial charge in [-0.15, -0.1) is 0 Å². The van der Waals surface area contributed by atoms with Crippen LogP contribution in [0.4, 0.5) is 10.1 Å². The third-order valence-electron chi connectivity index (χ3n) is 5.18. The van der Waals surface area contributed by atoms with Gasteiger partial charge in [-0.3, -0.25) is 0 Å². The van der Waals surface area contributed by atoms with E-state index in [0.29, 0.717) is 19.5 Å². The smallest absolute Gasteiger partial charge is 0.244 e. The van der Waals surface area contributed by atoms with E-state index in [2.05, 4.69) is 16.3 Å². The number of hydrogen-bond donors (Lipinski definition) is 1. The van der Waals surface area contributed by atoms with Crippen molar-refractivity contribution in [3.8, 4) is 0 Å². The van der Waals surface area contributed by atoms with Crippen LogP contribution >= 0.6 is 11.6 Å². The van der Waals surface area contributed by atoms with Gasteiger partial charge in [0, 0.05) is 45.0 Å². The largest absolute Gasteiger partial charge is 0.369 e. The van der Waals surface area contributed by atoms with E-state index in [-0.39, 0.29) is 9.92 Å². The Morgan fingerprint density at radius 3 is 2.59 bits per heavy atom.